The van der Waals surface area contributed by atoms with Gasteiger partial charge in [-0.05, 0) is 159 Å². The molecule has 0 aliphatic carbocycles. The molecule has 0 atom stereocenters. The first-order valence-electron chi connectivity index (χ1n) is 21.7. The fraction of sp³-hybridized carbons (Fsp3) is 0.396. The Labute approximate surface area is 354 Å². The van der Waals surface area contributed by atoms with Gasteiger partial charge in [-0.2, -0.15) is 0 Å². The van der Waals surface area contributed by atoms with Gasteiger partial charge in [0, 0.05) is 5.56 Å². The number of ether oxygens (including phenoxy) is 6. The molecule has 0 unspecified atom stereocenters. The molecule has 0 heterocycles. The molecule has 4 rings (SSSR count). The number of unbranched alkanes of at least 4 members (excludes halogenated alkanes) is 7. The molecule has 0 saturated carbocycles. The molecule has 6 nitrogen and oxygen atoms in total. The first-order valence-corrected chi connectivity index (χ1v) is 21.7. The second kappa shape index (κ2) is 26.6. The van der Waals surface area contributed by atoms with Crippen LogP contribution in [0.3, 0.4) is 0 Å². The fourth-order valence-electron chi connectivity index (χ4n) is 7.04. The molecule has 6 heteroatoms. The van der Waals surface area contributed by atoms with Gasteiger partial charge in [0.05, 0.1) is 39.6 Å². The predicted molar refractivity (Wildman–Crippen MR) is 252 cm³/mol. The molecule has 0 N–H and O–H groups in total. The lowest BCUT2D eigenvalue weighted by Gasteiger charge is -2.23. The molecule has 59 heavy (non-hydrogen) atoms. The van der Waals surface area contributed by atoms with Crippen molar-refractivity contribution in [1.29, 1.82) is 0 Å². The first-order chi connectivity index (χ1) is 29.1. The van der Waals surface area contributed by atoms with Crippen molar-refractivity contribution in [3.63, 3.8) is 0 Å². The molecule has 0 saturated heterocycles. The SMILES string of the molecule is C=CCCCOc1cc2c3cc(OCCCC=C)c(OCCCC=C)cc3c3c(CCCC=C)c(OCCCC=C)c(OCCCC=C)cc3c2cc1OCCCC=C. The molecule has 0 aliphatic heterocycles. The average Bonchev–Trinajstić information content (AvgIpc) is 3.25. The quantitative estimate of drug-likeness (QED) is 0.0266. The largest absolute Gasteiger partial charge is 0.490 e. The van der Waals surface area contributed by atoms with E-state index in [-0.39, 0.29) is 0 Å². The predicted octanol–water partition coefficient (Wildman–Crippen LogP) is 14.7. The zero-order valence-corrected chi connectivity index (χ0v) is 35.7. The van der Waals surface area contributed by atoms with Gasteiger partial charge in [0.25, 0.3) is 0 Å². The normalized spacial score (nSPS) is 10.9. The van der Waals surface area contributed by atoms with E-state index in [2.05, 4.69) is 76.4 Å². The Balaban J connectivity index is 2.16. The van der Waals surface area contributed by atoms with E-state index < -0.39 is 0 Å². The monoisotopic (exact) mass is 801 g/mol. The highest BCUT2D eigenvalue weighted by molar-refractivity contribution is 6.27. The van der Waals surface area contributed by atoms with Crippen LogP contribution in [0.4, 0.5) is 0 Å². The van der Waals surface area contributed by atoms with Crippen molar-refractivity contribution in [2.24, 2.45) is 0 Å². The van der Waals surface area contributed by atoms with Crippen molar-refractivity contribution in [2.75, 3.05) is 39.6 Å². The van der Waals surface area contributed by atoms with Gasteiger partial charge in [-0.1, -0.05) is 42.5 Å². The van der Waals surface area contributed by atoms with E-state index in [1.165, 1.54) is 0 Å². The number of rotatable bonds is 34. The van der Waals surface area contributed by atoms with Crippen molar-refractivity contribution < 1.29 is 28.4 Å². The van der Waals surface area contributed by atoms with Crippen molar-refractivity contribution >= 4 is 32.3 Å². The maximum Gasteiger partial charge on any atom is 0.165 e. The van der Waals surface area contributed by atoms with Crippen LogP contribution >= 0.6 is 0 Å². The van der Waals surface area contributed by atoms with E-state index in [1.54, 1.807) is 0 Å². The Morgan fingerprint density at radius 3 is 0.949 bits per heavy atom. The van der Waals surface area contributed by atoms with Gasteiger partial charge in [-0.15, -0.1) is 46.1 Å². The molecule has 0 spiro atoms. The van der Waals surface area contributed by atoms with Crippen molar-refractivity contribution in [3.05, 3.63) is 124 Å². The number of hydrogen-bond donors (Lipinski definition) is 0. The summed E-state index contributed by atoms with van der Waals surface area (Å²) in [4.78, 5) is 0. The molecule has 0 bridgehead atoms. The second-order valence-electron chi connectivity index (χ2n) is 14.7. The molecule has 316 valence electrons. The number of allylic oxidation sites excluding steroid dienone is 7. The Morgan fingerprint density at radius 1 is 0.322 bits per heavy atom. The highest BCUT2D eigenvalue weighted by Crippen LogP contribution is 2.49. The molecule has 0 amide bonds. The van der Waals surface area contributed by atoms with Crippen LogP contribution in [0.5, 0.6) is 34.5 Å². The summed E-state index contributed by atoms with van der Waals surface area (Å²) in [5.41, 5.74) is 1.10. The van der Waals surface area contributed by atoms with Crippen LogP contribution in [0.1, 0.15) is 95.5 Å². The molecular weight excluding hydrogens is 733 g/mol. The van der Waals surface area contributed by atoms with Gasteiger partial charge >= 0.3 is 0 Å². The van der Waals surface area contributed by atoms with Gasteiger partial charge in [-0.3, -0.25) is 0 Å². The topological polar surface area (TPSA) is 55.4 Å². The minimum Gasteiger partial charge on any atom is -0.490 e. The van der Waals surface area contributed by atoms with Gasteiger partial charge in [0.1, 0.15) is 0 Å². The van der Waals surface area contributed by atoms with Crippen LogP contribution in [0.25, 0.3) is 32.3 Å². The van der Waals surface area contributed by atoms with E-state index in [4.69, 9.17) is 28.4 Å². The molecule has 0 radical (unpaired) electrons. The lowest BCUT2D eigenvalue weighted by molar-refractivity contribution is 0.262. The maximum absolute atomic E-state index is 6.78. The van der Waals surface area contributed by atoms with E-state index in [0.717, 1.165) is 146 Å². The summed E-state index contributed by atoms with van der Waals surface area (Å²) in [5.74, 6) is 4.33. The van der Waals surface area contributed by atoms with Crippen LogP contribution in [-0.4, -0.2) is 39.6 Å². The lowest BCUT2D eigenvalue weighted by Crippen LogP contribution is -2.07. The van der Waals surface area contributed by atoms with Gasteiger partial charge < -0.3 is 28.4 Å². The van der Waals surface area contributed by atoms with Gasteiger partial charge in [-0.25, -0.2) is 0 Å². The summed E-state index contributed by atoms with van der Waals surface area (Å²) in [7, 11) is 0. The summed E-state index contributed by atoms with van der Waals surface area (Å²) in [6.07, 6.45) is 26.3. The van der Waals surface area contributed by atoms with Gasteiger partial charge in [0.15, 0.2) is 34.5 Å². The highest BCUT2D eigenvalue weighted by Gasteiger charge is 2.24. The lowest BCUT2D eigenvalue weighted by atomic mass is 9.88. The van der Waals surface area contributed by atoms with Crippen LogP contribution in [0.2, 0.25) is 0 Å². The standard InChI is InChI=1S/C53H68O6/c1-8-15-22-29-41-52-45-39-50(57-33-26-19-12-5)49(56-32-25-18-11-4)37-43(45)42-36-47(54-30-23-16-9-2)48(55-31-24-17-10-3)38-44(42)46(52)40-51(58-34-27-20-13-6)53(41)59-35-28-21-14-7/h8-14,36-40H,1-7,15-35H2. The van der Waals surface area contributed by atoms with Crippen molar-refractivity contribution in [3.8, 4) is 34.5 Å². The smallest absolute Gasteiger partial charge is 0.165 e. The summed E-state index contributed by atoms with van der Waals surface area (Å²) in [6.45, 7) is 30.8. The number of aryl methyl sites for hydroxylation is 1. The first kappa shape index (κ1) is 46.3. The Morgan fingerprint density at radius 2 is 0.593 bits per heavy atom. The fourth-order valence-corrected chi connectivity index (χ4v) is 7.04. The van der Waals surface area contributed by atoms with Crippen molar-refractivity contribution in [2.45, 2.75) is 96.3 Å². The Bertz CT molecular complexity index is 1940. The minimum absolute atomic E-state index is 0.535. The van der Waals surface area contributed by atoms with Crippen LogP contribution in [0.15, 0.2) is 119 Å². The van der Waals surface area contributed by atoms with E-state index >= 15 is 0 Å². The van der Waals surface area contributed by atoms with E-state index in [1.807, 2.05) is 42.5 Å². The van der Waals surface area contributed by atoms with Crippen LogP contribution in [0, 0.1) is 0 Å². The third-order valence-corrected chi connectivity index (χ3v) is 10.0. The van der Waals surface area contributed by atoms with Crippen LogP contribution < -0.4 is 28.4 Å². The van der Waals surface area contributed by atoms with Crippen molar-refractivity contribution in [1.82, 2.24) is 0 Å². The minimum atomic E-state index is 0.535. The zero-order valence-electron chi connectivity index (χ0n) is 35.7. The maximum atomic E-state index is 6.78. The molecule has 0 aromatic heterocycles. The molecule has 4 aromatic rings. The summed E-state index contributed by atoms with van der Waals surface area (Å²) in [6, 6.07) is 10.8. The Kier molecular flexibility index (Phi) is 20.9. The summed E-state index contributed by atoms with van der Waals surface area (Å²) < 4.78 is 39.6. The highest BCUT2D eigenvalue weighted by atomic mass is 16.5. The summed E-state index contributed by atoms with van der Waals surface area (Å²) >= 11 is 0. The molecule has 0 aliphatic rings. The van der Waals surface area contributed by atoms with Crippen LogP contribution in [-0.2, 0) is 6.42 Å². The number of fused-ring (bicyclic) bond motifs is 6. The molecule has 4 aromatic carbocycles. The summed E-state index contributed by atoms with van der Waals surface area (Å²) in [5, 5.41) is 6.27. The third kappa shape index (κ3) is 13.6. The number of benzene rings is 4. The average molecular weight is 801 g/mol. The van der Waals surface area contributed by atoms with Gasteiger partial charge in [0.2, 0.25) is 0 Å². The second-order valence-corrected chi connectivity index (χ2v) is 14.7. The zero-order chi connectivity index (χ0) is 42.1. The molecular formula is C53H68O6. The van der Waals surface area contributed by atoms with E-state index in [9.17, 15) is 0 Å². The number of hydrogen-bond acceptors (Lipinski definition) is 6. The third-order valence-electron chi connectivity index (χ3n) is 10.0. The van der Waals surface area contributed by atoms with E-state index in [0.29, 0.717) is 62.6 Å². The Hall–Kier alpha value is -5.36. The molecule has 0 fully saturated rings.